The molecule has 2 aromatic heterocycles. The number of thiophene rings is 1. The standard InChI is InChI=1S/C17H15Cl2N5S/c18-10-1-2-11(13(19)6-10)12-7-15(9-3-4-23-16(21)5-9)25-17(12)14(8-20)24-22/h1-8,24H,20,22H2,(H2,21,23)/b14-8-. The molecular formula is C17H15Cl2N5S. The van der Waals surface area contributed by atoms with Crippen LogP contribution in [0.1, 0.15) is 4.88 Å². The van der Waals surface area contributed by atoms with E-state index in [1.165, 1.54) is 17.5 Å². The van der Waals surface area contributed by atoms with Crippen LogP contribution < -0.4 is 22.7 Å². The average Bonchev–Trinajstić information content (AvgIpc) is 3.01. The molecule has 0 unspecified atom stereocenters. The number of nitrogens with zero attached hydrogens (tertiary/aromatic N) is 1. The lowest BCUT2D eigenvalue weighted by molar-refractivity contribution is 0.993. The minimum atomic E-state index is 0.449. The number of hydrogen-bond donors (Lipinski definition) is 4. The molecule has 128 valence electrons. The lowest BCUT2D eigenvalue weighted by Crippen LogP contribution is -2.20. The zero-order valence-corrected chi connectivity index (χ0v) is 15.3. The largest absolute Gasteiger partial charge is 0.403 e. The van der Waals surface area contributed by atoms with Crippen molar-refractivity contribution in [2.45, 2.75) is 0 Å². The van der Waals surface area contributed by atoms with Gasteiger partial charge in [-0.1, -0.05) is 29.3 Å². The number of pyridine rings is 1. The second-order valence-electron chi connectivity index (χ2n) is 5.17. The summed E-state index contributed by atoms with van der Waals surface area (Å²) in [5.74, 6) is 6.07. The lowest BCUT2D eigenvalue weighted by atomic mass is 10.0. The first-order valence-electron chi connectivity index (χ1n) is 7.23. The van der Waals surface area contributed by atoms with Crippen LogP contribution in [0.15, 0.2) is 48.8 Å². The van der Waals surface area contributed by atoms with E-state index in [-0.39, 0.29) is 0 Å². The minimum Gasteiger partial charge on any atom is -0.403 e. The van der Waals surface area contributed by atoms with Gasteiger partial charge in [-0.3, -0.25) is 5.84 Å². The van der Waals surface area contributed by atoms with Gasteiger partial charge in [0, 0.05) is 38.4 Å². The van der Waals surface area contributed by atoms with Crippen LogP contribution in [0.25, 0.3) is 27.3 Å². The zero-order valence-electron chi connectivity index (χ0n) is 13.0. The summed E-state index contributed by atoms with van der Waals surface area (Å²) in [6.45, 7) is 0. The summed E-state index contributed by atoms with van der Waals surface area (Å²) < 4.78 is 0. The Labute approximate surface area is 159 Å². The summed E-state index contributed by atoms with van der Waals surface area (Å²) >= 11 is 13.9. The predicted octanol–water partition coefficient (Wildman–Crippen LogP) is 4.09. The number of aromatic nitrogens is 1. The van der Waals surface area contributed by atoms with Gasteiger partial charge in [-0.25, -0.2) is 4.98 Å². The Hall–Kier alpha value is -2.25. The van der Waals surface area contributed by atoms with E-state index in [0.717, 1.165) is 26.4 Å². The highest BCUT2D eigenvalue weighted by molar-refractivity contribution is 7.17. The van der Waals surface area contributed by atoms with Crippen molar-refractivity contribution in [1.29, 1.82) is 0 Å². The molecule has 1 aromatic carbocycles. The number of halogens is 2. The first kappa shape index (κ1) is 17.6. The highest BCUT2D eigenvalue weighted by Gasteiger charge is 2.17. The molecule has 3 rings (SSSR count). The molecule has 0 saturated carbocycles. The van der Waals surface area contributed by atoms with Crippen molar-refractivity contribution in [2.24, 2.45) is 11.6 Å². The van der Waals surface area contributed by atoms with Gasteiger partial charge in [0.25, 0.3) is 0 Å². The van der Waals surface area contributed by atoms with E-state index in [4.69, 9.17) is 40.5 Å². The molecule has 0 radical (unpaired) electrons. The SMILES string of the molecule is N/C=C(\NN)c1sc(-c2ccnc(N)c2)cc1-c1ccc(Cl)cc1Cl. The molecule has 0 aliphatic heterocycles. The third kappa shape index (κ3) is 3.57. The molecular weight excluding hydrogens is 377 g/mol. The molecule has 0 spiro atoms. The first-order chi connectivity index (χ1) is 12.0. The zero-order chi connectivity index (χ0) is 18.0. The number of nitrogens with one attached hydrogen (secondary N) is 1. The van der Waals surface area contributed by atoms with Crippen LogP contribution in [-0.2, 0) is 0 Å². The van der Waals surface area contributed by atoms with E-state index in [1.54, 1.807) is 18.3 Å². The number of benzene rings is 1. The average molecular weight is 392 g/mol. The van der Waals surface area contributed by atoms with E-state index in [1.807, 2.05) is 24.3 Å². The summed E-state index contributed by atoms with van der Waals surface area (Å²) in [5.41, 5.74) is 17.4. The van der Waals surface area contributed by atoms with Crippen LogP contribution in [0.4, 0.5) is 5.82 Å². The fourth-order valence-corrected chi connectivity index (χ4v) is 4.10. The lowest BCUT2D eigenvalue weighted by Gasteiger charge is -2.09. The van der Waals surface area contributed by atoms with Gasteiger partial charge in [-0.2, -0.15) is 0 Å². The van der Waals surface area contributed by atoms with Gasteiger partial charge in [-0.05, 0) is 35.9 Å². The summed E-state index contributed by atoms with van der Waals surface area (Å²) in [7, 11) is 0. The van der Waals surface area contributed by atoms with Gasteiger partial charge < -0.3 is 16.9 Å². The van der Waals surface area contributed by atoms with Gasteiger partial charge >= 0.3 is 0 Å². The van der Waals surface area contributed by atoms with Crippen molar-refractivity contribution in [1.82, 2.24) is 10.4 Å². The Morgan fingerprint density at radius 2 is 1.92 bits per heavy atom. The van der Waals surface area contributed by atoms with Crippen LogP contribution in [0, 0.1) is 0 Å². The quantitative estimate of drug-likeness (QED) is 0.396. The highest BCUT2D eigenvalue weighted by Crippen LogP contribution is 2.42. The molecule has 5 nitrogen and oxygen atoms in total. The van der Waals surface area contributed by atoms with Crippen LogP contribution in [0.5, 0.6) is 0 Å². The third-order valence-corrected chi connectivity index (χ3v) is 5.35. The molecule has 2 heterocycles. The maximum atomic E-state index is 6.40. The van der Waals surface area contributed by atoms with Crippen molar-refractivity contribution in [3.05, 3.63) is 63.7 Å². The molecule has 0 fully saturated rings. The highest BCUT2D eigenvalue weighted by atomic mass is 35.5. The maximum Gasteiger partial charge on any atom is 0.123 e. The topological polar surface area (TPSA) is 103 Å². The van der Waals surface area contributed by atoms with Crippen molar-refractivity contribution in [3.63, 3.8) is 0 Å². The normalized spacial score (nSPS) is 11.6. The smallest absolute Gasteiger partial charge is 0.123 e. The molecule has 25 heavy (non-hydrogen) atoms. The molecule has 7 N–H and O–H groups in total. The monoisotopic (exact) mass is 391 g/mol. The summed E-state index contributed by atoms with van der Waals surface area (Å²) in [5, 5.41) is 1.11. The second-order valence-corrected chi connectivity index (χ2v) is 7.07. The molecule has 0 atom stereocenters. The maximum absolute atomic E-state index is 6.40. The second kappa shape index (κ2) is 7.33. The molecule has 0 bridgehead atoms. The molecule has 0 amide bonds. The fourth-order valence-electron chi connectivity index (χ4n) is 2.43. The van der Waals surface area contributed by atoms with E-state index in [2.05, 4.69) is 10.4 Å². The molecule has 0 saturated heterocycles. The Bertz CT molecular complexity index is 952. The van der Waals surface area contributed by atoms with Crippen molar-refractivity contribution in [2.75, 3.05) is 5.73 Å². The van der Waals surface area contributed by atoms with E-state index >= 15 is 0 Å². The molecule has 0 aliphatic carbocycles. The summed E-state index contributed by atoms with van der Waals surface area (Å²) in [4.78, 5) is 5.87. The third-order valence-electron chi connectivity index (χ3n) is 3.59. The van der Waals surface area contributed by atoms with Crippen molar-refractivity contribution >= 4 is 46.1 Å². The van der Waals surface area contributed by atoms with Gasteiger partial charge in [0.05, 0.1) is 10.6 Å². The van der Waals surface area contributed by atoms with E-state index in [0.29, 0.717) is 21.6 Å². The Balaban J connectivity index is 2.22. The Morgan fingerprint density at radius 1 is 1.12 bits per heavy atom. The molecule has 8 heteroatoms. The van der Waals surface area contributed by atoms with Gasteiger partial charge in [0.15, 0.2) is 0 Å². The Kier molecular flexibility index (Phi) is 5.15. The van der Waals surface area contributed by atoms with Gasteiger partial charge in [-0.15, -0.1) is 11.3 Å². The van der Waals surface area contributed by atoms with Crippen LogP contribution >= 0.6 is 34.5 Å². The van der Waals surface area contributed by atoms with E-state index in [9.17, 15) is 0 Å². The first-order valence-corrected chi connectivity index (χ1v) is 8.80. The summed E-state index contributed by atoms with van der Waals surface area (Å²) in [6.07, 6.45) is 3.09. The van der Waals surface area contributed by atoms with Crippen molar-refractivity contribution in [3.8, 4) is 21.6 Å². The number of nitrogens with two attached hydrogens (primary N) is 3. The summed E-state index contributed by atoms with van der Waals surface area (Å²) in [6, 6.07) is 11.1. The van der Waals surface area contributed by atoms with Crippen LogP contribution in [0.2, 0.25) is 10.0 Å². The molecule has 3 aromatic rings. The number of nitrogen functional groups attached to an aromatic ring is 1. The Morgan fingerprint density at radius 3 is 2.56 bits per heavy atom. The number of rotatable bonds is 4. The van der Waals surface area contributed by atoms with Crippen molar-refractivity contribution < 1.29 is 0 Å². The fraction of sp³-hybridized carbons (Fsp3) is 0. The van der Waals surface area contributed by atoms with Crippen LogP contribution in [0.3, 0.4) is 0 Å². The van der Waals surface area contributed by atoms with Crippen LogP contribution in [-0.4, -0.2) is 4.98 Å². The minimum absolute atomic E-state index is 0.449. The predicted molar refractivity (Wildman–Crippen MR) is 107 cm³/mol. The van der Waals surface area contributed by atoms with E-state index < -0.39 is 0 Å². The van der Waals surface area contributed by atoms with Gasteiger partial charge in [0.1, 0.15) is 5.82 Å². The molecule has 0 aliphatic rings. The number of hydrazine groups is 1. The number of hydrogen-bond acceptors (Lipinski definition) is 6. The number of anilines is 1. The van der Waals surface area contributed by atoms with Gasteiger partial charge in [0.2, 0.25) is 0 Å².